The number of carbonyl (C=O) groups excluding carboxylic acids is 1. The van der Waals surface area contributed by atoms with Gasteiger partial charge in [0.25, 0.3) is 0 Å². The van der Waals surface area contributed by atoms with Crippen molar-refractivity contribution in [3.8, 4) is 0 Å². The summed E-state index contributed by atoms with van der Waals surface area (Å²) in [5, 5.41) is 4.54. The Labute approximate surface area is 106 Å². The van der Waals surface area contributed by atoms with Crippen LogP contribution < -0.4 is 16.4 Å². The maximum atomic E-state index is 12.4. The summed E-state index contributed by atoms with van der Waals surface area (Å²) in [5.41, 5.74) is 4.35. The molecule has 0 unspecified atom stereocenters. The summed E-state index contributed by atoms with van der Waals surface area (Å²) in [7, 11) is 0. The molecule has 0 spiro atoms. The van der Waals surface area contributed by atoms with E-state index in [4.69, 9.17) is 5.73 Å². The second kappa shape index (κ2) is 5.67. The quantitative estimate of drug-likeness (QED) is 0.741. The zero-order chi connectivity index (χ0) is 13.8. The van der Waals surface area contributed by atoms with Crippen LogP contribution in [-0.4, -0.2) is 17.6 Å². The van der Waals surface area contributed by atoms with Gasteiger partial charge in [-0.05, 0) is 18.2 Å². The molecule has 0 heterocycles. The monoisotopic (exact) mass is 277 g/mol. The van der Waals surface area contributed by atoms with Crippen LogP contribution in [0.25, 0.3) is 0 Å². The van der Waals surface area contributed by atoms with Crippen LogP contribution >= 0.6 is 12.2 Å². The molecule has 0 fully saturated rings. The van der Waals surface area contributed by atoms with Gasteiger partial charge in [-0.15, -0.1) is 0 Å². The van der Waals surface area contributed by atoms with E-state index in [1.165, 1.54) is 12.1 Å². The lowest BCUT2D eigenvalue weighted by Crippen LogP contribution is -2.35. The number of rotatable bonds is 3. The van der Waals surface area contributed by atoms with Crippen molar-refractivity contribution < 1.29 is 18.0 Å². The number of amides is 2. The molecule has 0 saturated heterocycles. The second-order valence-electron chi connectivity index (χ2n) is 3.35. The Morgan fingerprint density at radius 2 is 2.06 bits per heavy atom. The highest BCUT2D eigenvalue weighted by Crippen LogP contribution is 2.30. The number of carbonyl (C=O) groups is 1. The number of anilines is 1. The van der Waals surface area contributed by atoms with Crippen molar-refractivity contribution in [2.75, 3.05) is 11.9 Å². The minimum atomic E-state index is -4.45. The number of thiocarbonyl (C=S) groups is 1. The number of halogens is 3. The fourth-order valence-corrected chi connectivity index (χ4v) is 1.19. The molecule has 1 rings (SSSR count). The molecule has 0 aliphatic heterocycles. The molecule has 4 N–H and O–H groups in total. The predicted octanol–water partition coefficient (Wildman–Crippen LogP) is 2.11. The zero-order valence-electron chi connectivity index (χ0n) is 9.04. The predicted molar refractivity (Wildman–Crippen MR) is 65.3 cm³/mol. The van der Waals surface area contributed by atoms with Crippen molar-refractivity contribution in [3.05, 3.63) is 29.8 Å². The number of hydrogen-bond acceptors (Lipinski definition) is 2. The third-order valence-corrected chi connectivity index (χ3v) is 2.02. The average molecular weight is 277 g/mol. The molecule has 0 bridgehead atoms. The smallest absolute Gasteiger partial charge is 0.392 e. The lowest BCUT2D eigenvalue weighted by Gasteiger charge is -2.10. The van der Waals surface area contributed by atoms with Crippen molar-refractivity contribution in [1.82, 2.24) is 5.32 Å². The molecule has 0 aliphatic rings. The van der Waals surface area contributed by atoms with Crippen LogP contribution in [0.5, 0.6) is 0 Å². The molecular formula is C10H10F3N3OS. The Bertz CT molecular complexity index is 462. The molecule has 98 valence electrons. The van der Waals surface area contributed by atoms with E-state index in [-0.39, 0.29) is 17.2 Å². The molecule has 18 heavy (non-hydrogen) atoms. The van der Waals surface area contributed by atoms with Gasteiger partial charge in [-0.3, -0.25) is 0 Å². The number of urea groups is 1. The van der Waals surface area contributed by atoms with E-state index >= 15 is 0 Å². The maximum Gasteiger partial charge on any atom is 0.416 e. The second-order valence-corrected chi connectivity index (χ2v) is 3.88. The minimum Gasteiger partial charge on any atom is -0.392 e. The van der Waals surface area contributed by atoms with Crippen LogP contribution in [0.15, 0.2) is 24.3 Å². The van der Waals surface area contributed by atoms with Gasteiger partial charge in [0.05, 0.1) is 17.1 Å². The van der Waals surface area contributed by atoms with Crippen LogP contribution in [0.4, 0.5) is 23.7 Å². The number of alkyl halides is 3. The molecule has 4 nitrogen and oxygen atoms in total. The normalized spacial score (nSPS) is 10.8. The van der Waals surface area contributed by atoms with Crippen molar-refractivity contribution >= 4 is 28.9 Å². The highest BCUT2D eigenvalue weighted by molar-refractivity contribution is 7.80. The summed E-state index contributed by atoms with van der Waals surface area (Å²) < 4.78 is 37.2. The van der Waals surface area contributed by atoms with Gasteiger partial charge in [-0.25, -0.2) is 4.79 Å². The van der Waals surface area contributed by atoms with Gasteiger partial charge in [0.1, 0.15) is 0 Å². The zero-order valence-corrected chi connectivity index (χ0v) is 9.86. The van der Waals surface area contributed by atoms with Gasteiger partial charge in [-0.2, -0.15) is 13.2 Å². The van der Waals surface area contributed by atoms with Gasteiger partial charge < -0.3 is 16.4 Å². The van der Waals surface area contributed by atoms with E-state index in [1.807, 2.05) is 0 Å². The van der Waals surface area contributed by atoms with Crippen molar-refractivity contribution in [2.45, 2.75) is 6.18 Å². The van der Waals surface area contributed by atoms with E-state index in [0.717, 1.165) is 12.1 Å². The van der Waals surface area contributed by atoms with Crippen LogP contribution in [0.3, 0.4) is 0 Å². The van der Waals surface area contributed by atoms with Gasteiger partial charge in [0.2, 0.25) is 0 Å². The molecule has 1 aromatic carbocycles. The highest BCUT2D eigenvalue weighted by atomic mass is 32.1. The van der Waals surface area contributed by atoms with Crippen LogP contribution in [0, 0.1) is 0 Å². The maximum absolute atomic E-state index is 12.4. The number of benzene rings is 1. The van der Waals surface area contributed by atoms with Gasteiger partial charge in [-0.1, -0.05) is 18.3 Å². The van der Waals surface area contributed by atoms with Crippen LogP contribution in [0.1, 0.15) is 5.56 Å². The average Bonchev–Trinajstić information content (AvgIpc) is 2.25. The number of nitrogens with two attached hydrogens (primary N) is 1. The third kappa shape index (κ3) is 4.58. The SMILES string of the molecule is NC(=S)CNC(=O)Nc1cccc(C(F)(F)F)c1. The van der Waals surface area contributed by atoms with Gasteiger partial charge in [0.15, 0.2) is 0 Å². The standard InChI is InChI=1S/C10H10F3N3OS/c11-10(12,13)6-2-1-3-7(4-6)16-9(17)15-5-8(14)18/h1-4H,5H2,(H2,14,18)(H2,15,16,17). The molecule has 0 atom stereocenters. The molecule has 0 saturated carbocycles. The summed E-state index contributed by atoms with van der Waals surface area (Å²) in [5.74, 6) is 0. The van der Waals surface area contributed by atoms with Crippen molar-refractivity contribution in [2.24, 2.45) is 5.73 Å². The third-order valence-electron chi connectivity index (χ3n) is 1.87. The van der Waals surface area contributed by atoms with E-state index < -0.39 is 17.8 Å². The topological polar surface area (TPSA) is 67.1 Å². The molecular weight excluding hydrogens is 267 g/mol. The number of hydrogen-bond donors (Lipinski definition) is 3. The number of nitrogens with one attached hydrogen (secondary N) is 2. The first-order valence-corrected chi connectivity index (χ1v) is 5.20. The first-order chi connectivity index (χ1) is 8.29. The summed E-state index contributed by atoms with van der Waals surface area (Å²) in [6.45, 7) is -0.0277. The first kappa shape index (κ1) is 14.2. The fraction of sp³-hybridized carbons (Fsp3) is 0.200. The van der Waals surface area contributed by atoms with Gasteiger partial charge in [0, 0.05) is 5.69 Å². The molecule has 0 aromatic heterocycles. The molecule has 0 aliphatic carbocycles. The molecule has 0 radical (unpaired) electrons. The Morgan fingerprint density at radius 3 is 2.61 bits per heavy atom. The fourth-order valence-electron chi connectivity index (χ4n) is 1.12. The Balaban J connectivity index is 2.68. The molecule has 1 aromatic rings. The van der Waals surface area contributed by atoms with Gasteiger partial charge >= 0.3 is 12.2 Å². The Morgan fingerprint density at radius 1 is 1.39 bits per heavy atom. The Kier molecular flexibility index (Phi) is 4.49. The lowest BCUT2D eigenvalue weighted by atomic mass is 10.2. The van der Waals surface area contributed by atoms with E-state index in [1.54, 1.807) is 0 Å². The summed E-state index contributed by atoms with van der Waals surface area (Å²) >= 11 is 4.53. The summed E-state index contributed by atoms with van der Waals surface area (Å²) in [6, 6.07) is 3.61. The van der Waals surface area contributed by atoms with E-state index in [9.17, 15) is 18.0 Å². The van der Waals surface area contributed by atoms with Crippen molar-refractivity contribution in [3.63, 3.8) is 0 Å². The largest absolute Gasteiger partial charge is 0.416 e. The highest BCUT2D eigenvalue weighted by Gasteiger charge is 2.30. The lowest BCUT2D eigenvalue weighted by molar-refractivity contribution is -0.137. The van der Waals surface area contributed by atoms with Crippen molar-refractivity contribution in [1.29, 1.82) is 0 Å². The minimum absolute atomic E-state index is 0.0277. The molecule has 2 amide bonds. The summed E-state index contributed by atoms with van der Waals surface area (Å²) in [4.78, 5) is 11.3. The summed E-state index contributed by atoms with van der Waals surface area (Å²) in [6.07, 6.45) is -4.45. The van der Waals surface area contributed by atoms with E-state index in [2.05, 4.69) is 22.9 Å². The van der Waals surface area contributed by atoms with Crippen LogP contribution in [0.2, 0.25) is 0 Å². The first-order valence-electron chi connectivity index (χ1n) is 4.79. The Hall–Kier alpha value is -1.83. The van der Waals surface area contributed by atoms with Crippen LogP contribution in [-0.2, 0) is 6.18 Å². The molecule has 8 heteroatoms. The van der Waals surface area contributed by atoms with E-state index in [0.29, 0.717) is 0 Å².